The van der Waals surface area contributed by atoms with Crippen LogP contribution in [-0.4, -0.2) is 17.5 Å². The van der Waals surface area contributed by atoms with Crippen LogP contribution in [0.25, 0.3) is 0 Å². The molecular weight excluding hydrogens is 443 g/mol. The molecule has 1 aliphatic carbocycles. The number of thiazole rings is 1. The molecule has 0 saturated heterocycles. The Bertz CT molecular complexity index is 739. The lowest BCUT2D eigenvalue weighted by Gasteiger charge is -2.11. The lowest BCUT2D eigenvalue weighted by atomic mass is 10.1. The Morgan fingerprint density at radius 2 is 2.00 bits per heavy atom. The van der Waals surface area contributed by atoms with E-state index in [9.17, 15) is 0 Å². The molecule has 0 aliphatic heterocycles. The van der Waals surface area contributed by atoms with Crippen LogP contribution in [0.2, 0.25) is 0 Å². The van der Waals surface area contributed by atoms with Crippen LogP contribution in [0.3, 0.4) is 0 Å². The maximum absolute atomic E-state index is 4.74. The standard InChI is InChI=1S/C19H26N4S.HI/c1-4-20-19(22-12-18-13(2)23-14(3)24-18)21-11-15-8-9-16-6-5-7-17(16)10-15;/h8-10H,4-7,11-12H2,1-3H3,(H2,20,21,22);1H. The first-order valence-corrected chi connectivity index (χ1v) is 9.53. The van der Waals surface area contributed by atoms with Crippen molar-refractivity contribution in [3.8, 4) is 0 Å². The van der Waals surface area contributed by atoms with Crippen molar-refractivity contribution in [2.24, 2.45) is 4.99 Å². The number of nitrogens with one attached hydrogen (secondary N) is 2. The summed E-state index contributed by atoms with van der Waals surface area (Å²) in [6.07, 6.45) is 3.74. The molecule has 1 heterocycles. The molecule has 25 heavy (non-hydrogen) atoms. The second-order valence-corrected chi connectivity index (χ2v) is 7.53. The number of hydrogen-bond donors (Lipinski definition) is 2. The molecule has 3 rings (SSSR count). The largest absolute Gasteiger partial charge is 0.357 e. The van der Waals surface area contributed by atoms with Crippen LogP contribution < -0.4 is 10.6 Å². The summed E-state index contributed by atoms with van der Waals surface area (Å²) < 4.78 is 0. The molecule has 0 spiro atoms. The van der Waals surface area contributed by atoms with Gasteiger partial charge < -0.3 is 10.6 Å². The number of aryl methyl sites for hydroxylation is 4. The van der Waals surface area contributed by atoms with Crippen molar-refractivity contribution in [3.63, 3.8) is 0 Å². The maximum Gasteiger partial charge on any atom is 0.191 e. The molecule has 0 amide bonds. The molecule has 2 aromatic rings. The van der Waals surface area contributed by atoms with Gasteiger partial charge in [0.05, 0.1) is 23.8 Å². The zero-order valence-electron chi connectivity index (χ0n) is 15.2. The van der Waals surface area contributed by atoms with Crippen LogP contribution in [0.1, 0.15) is 45.6 Å². The lowest BCUT2D eigenvalue weighted by molar-refractivity contribution is 0.818. The molecule has 6 heteroatoms. The summed E-state index contributed by atoms with van der Waals surface area (Å²) >= 11 is 1.75. The Kier molecular flexibility index (Phi) is 7.68. The first-order chi connectivity index (χ1) is 11.7. The number of nitrogens with zero attached hydrogens (tertiary/aromatic N) is 2. The highest BCUT2D eigenvalue weighted by Crippen LogP contribution is 2.23. The van der Waals surface area contributed by atoms with Gasteiger partial charge in [-0.15, -0.1) is 35.3 Å². The van der Waals surface area contributed by atoms with E-state index >= 15 is 0 Å². The number of aromatic nitrogens is 1. The van der Waals surface area contributed by atoms with E-state index in [4.69, 9.17) is 4.99 Å². The smallest absolute Gasteiger partial charge is 0.191 e. The van der Waals surface area contributed by atoms with Crippen LogP contribution >= 0.6 is 35.3 Å². The van der Waals surface area contributed by atoms with E-state index in [-0.39, 0.29) is 24.0 Å². The van der Waals surface area contributed by atoms with Crippen molar-refractivity contribution in [3.05, 3.63) is 50.5 Å². The molecule has 1 aliphatic rings. The zero-order valence-corrected chi connectivity index (χ0v) is 18.3. The van der Waals surface area contributed by atoms with Gasteiger partial charge >= 0.3 is 0 Å². The number of rotatable bonds is 5. The van der Waals surface area contributed by atoms with Crippen LogP contribution in [0.15, 0.2) is 23.2 Å². The van der Waals surface area contributed by atoms with Gasteiger partial charge in [0.25, 0.3) is 0 Å². The van der Waals surface area contributed by atoms with Crippen LogP contribution in [-0.2, 0) is 25.9 Å². The molecule has 0 atom stereocenters. The van der Waals surface area contributed by atoms with E-state index in [1.807, 2.05) is 6.92 Å². The van der Waals surface area contributed by atoms with Crippen molar-refractivity contribution in [2.75, 3.05) is 6.54 Å². The Balaban J connectivity index is 0.00000225. The minimum atomic E-state index is 0. The predicted octanol–water partition coefficient (Wildman–Crippen LogP) is 4.12. The number of halogens is 1. The van der Waals surface area contributed by atoms with Crippen molar-refractivity contribution in [1.82, 2.24) is 15.6 Å². The van der Waals surface area contributed by atoms with Crippen molar-refractivity contribution in [2.45, 2.75) is 53.1 Å². The van der Waals surface area contributed by atoms with E-state index in [0.29, 0.717) is 6.54 Å². The topological polar surface area (TPSA) is 49.3 Å². The molecule has 0 bridgehead atoms. The minimum Gasteiger partial charge on any atom is -0.357 e. The fourth-order valence-electron chi connectivity index (χ4n) is 3.14. The predicted molar refractivity (Wildman–Crippen MR) is 117 cm³/mol. The van der Waals surface area contributed by atoms with Gasteiger partial charge in [-0.05, 0) is 56.7 Å². The molecule has 136 valence electrons. The molecule has 0 radical (unpaired) electrons. The Labute approximate surface area is 171 Å². The van der Waals surface area contributed by atoms with Crippen molar-refractivity contribution < 1.29 is 0 Å². The Morgan fingerprint density at radius 1 is 1.20 bits per heavy atom. The third-order valence-corrected chi connectivity index (χ3v) is 5.42. The van der Waals surface area contributed by atoms with Crippen LogP contribution in [0.5, 0.6) is 0 Å². The van der Waals surface area contributed by atoms with E-state index in [0.717, 1.165) is 29.8 Å². The van der Waals surface area contributed by atoms with Crippen molar-refractivity contribution in [1.29, 1.82) is 0 Å². The Hall–Kier alpha value is -1.15. The van der Waals surface area contributed by atoms with Gasteiger partial charge in [-0.25, -0.2) is 9.98 Å². The average molecular weight is 470 g/mol. The molecule has 4 nitrogen and oxygen atoms in total. The monoisotopic (exact) mass is 470 g/mol. The third kappa shape index (κ3) is 5.41. The number of benzene rings is 1. The number of fused-ring (bicyclic) bond motifs is 1. The summed E-state index contributed by atoms with van der Waals surface area (Å²) in [5.41, 5.74) is 5.43. The van der Waals surface area contributed by atoms with E-state index in [1.165, 1.54) is 40.8 Å². The summed E-state index contributed by atoms with van der Waals surface area (Å²) in [4.78, 5) is 10.5. The average Bonchev–Trinajstić information content (AvgIpc) is 3.15. The Morgan fingerprint density at radius 3 is 2.72 bits per heavy atom. The van der Waals surface area contributed by atoms with Gasteiger partial charge in [-0.1, -0.05) is 18.2 Å². The zero-order chi connectivity index (χ0) is 16.9. The first-order valence-electron chi connectivity index (χ1n) is 8.71. The molecular formula is C19H27IN4S. The summed E-state index contributed by atoms with van der Waals surface area (Å²) in [6.45, 7) is 8.55. The molecule has 1 aromatic heterocycles. The molecule has 0 saturated carbocycles. The summed E-state index contributed by atoms with van der Waals surface area (Å²) in [5.74, 6) is 0.864. The first kappa shape index (κ1) is 20.2. The van der Waals surface area contributed by atoms with Gasteiger partial charge in [0.1, 0.15) is 0 Å². The molecule has 0 fully saturated rings. The van der Waals surface area contributed by atoms with Crippen LogP contribution in [0.4, 0.5) is 0 Å². The highest BCUT2D eigenvalue weighted by atomic mass is 127. The molecule has 0 unspecified atom stereocenters. The van der Waals surface area contributed by atoms with Gasteiger partial charge in [0, 0.05) is 11.4 Å². The van der Waals surface area contributed by atoms with E-state index in [2.05, 4.69) is 47.7 Å². The van der Waals surface area contributed by atoms with Gasteiger partial charge in [0.15, 0.2) is 5.96 Å². The fraction of sp³-hybridized carbons (Fsp3) is 0.474. The highest BCUT2D eigenvalue weighted by molar-refractivity contribution is 14.0. The van der Waals surface area contributed by atoms with E-state index < -0.39 is 0 Å². The lowest BCUT2D eigenvalue weighted by Crippen LogP contribution is -2.36. The molecule has 1 aromatic carbocycles. The second-order valence-electron chi connectivity index (χ2n) is 6.25. The van der Waals surface area contributed by atoms with Gasteiger partial charge in [0.2, 0.25) is 0 Å². The van der Waals surface area contributed by atoms with Gasteiger partial charge in [-0.3, -0.25) is 0 Å². The second kappa shape index (κ2) is 9.52. The minimum absolute atomic E-state index is 0. The fourth-order valence-corrected chi connectivity index (χ4v) is 4.01. The normalized spacial score (nSPS) is 13.3. The van der Waals surface area contributed by atoms with E-state index in [1.54, 1.807) is 11.3 Å². The SMILES string of the molecule is CCNC(=NCc1ccc2c(c1)CCC2)NCc1sc(C)nc1C.I. The van der Waals surface area contributed by atoms with Crippen molar-refractivity contribution >= 4 is 41.3 Å². The maximum atomic E-state index is 4.74. The van der Waals surface area contributed by atoms with Gasteiger partial charge in [-0.2, -0.15) is 0 Å². The summed E-state index contributed by atoms with van der Waals surface area (Å²) in [7, 11) is 0. The third-order valence-electron chi connectivity index (χ3n) is 4.34. The highest BCUT2D eigenvalue weighted by Gasteiger charge is 2.10. The molecule has 2 N–H and O–H groups in total. The number of aliphatic imine (C=N–C) groups is 1. The summed E-state index contributed by atoms with van der Waals surface area (Å²) in [6, 6.07) is 6.82. The van der Waals surface area contributed by atoms with Crippen LogP contribution in [0, 0.1) is 13.8 Å². The number of guanidine groups is 1. The summed E-state index contributed by atoms with van der Waals surface area (Å²) in [5, 5.41) is 7.86. The quantitative estimate of drug-likeness (QED) is 0.393. The number of hydrogen-bond acceptors (Lipinski definition) is 3.